The molecule has 0 aliphatic carbocycles. The van der Waals surface area contributed by atoms with Crippen molar-refractivity contribution in [2.45, 2.75) is 25.4 Å². The fourth-order valence-corrected chi connectivity index (χ4v) is 1.74. The summed E-state index contributed by atoms with van der Waals surface area (Å²) in [4.78, 5) is 9.21. The van der Waals surface area contributed by atoms with E-state index in [9.17, 15) is 9.46 Å². The van der Waals surface area contributed by atoms with Crippen molar-refractivity contribution in [3.05, 3.63) is 29.8 Å². The van der Waals surface area contributed by atoms with Gasteiger partial charge in [-0.1, -0.05) is 32.0 Å². The second kappa shape index (κ2) is 4.82. The van der Waals surface area contributed by atoms with E-state index < -0.39 is 13.2 Å². The van der Waals surface area contributed by atoms with E-state index in [1.807, 2.05) is 24.3 Å². The molecule has 84 valence electrons. The van der Waals surface area contributed by atoms with E-state index in [0.29, 0.717) is 6.42 Å². The van der Waals surface area contributed by atoms with Crippen LogP contribution in [0.15, 0.2) is 24.3 Å². The minimum absolute atomic E-state index is 0.547. The number of hydrogen-bond acceptors (Lipinski definition) is 2. The smallest absolute Gasteiger partial charge is 0.194 e. The van der Waals surface area contributed by atoms with Crippen molar-refractivity contribution in [3.63, 3.8) is 0 Å². The monoisotopic (exact) mass is 228 g/mol. The summed E-state index contributed by atoms with van der Waals surface area (Å²) in [5.41, 5.74) is 0.970. The lowest BCUT2D eigenvalue weighted by molar-refractivity contribution is 0.405. The molecule has 1 rings (SSSR count). The molecule has 1 aromatic carbocycles. The number of methoxy groups -OCH3 is 1. The van der Waals surface area contributed by atoms with Crippen molar-refractivity contribution in [1.82, 2.24) is 0 Å². The number of ether oxygens (including phenoxy) is 1. The van der Waals surface area contributed by atoms with Crippen LogP contribution in [0.5, 0.6) is 5.75 Å². The first-order chi connectivity index (χ1) is 6.97. The summed E-state index contributed by atoms with van der Waals surface area (Å²) in [6, 6.07) is 7.57. The Bertz CT molecular complexity index is 361. The van der Waals surface area contributed by atoms with Gasteiger partial charge < -0.3 is 9.63 Å². The van der Waals surface area contributed by atoms with Gasteiger partial charge in [-0.3, -0.25) is 4.57 Å². The lowest BCUT2D eigenvalue weighted by Crippen LogP contribution is -2.18. The Hall–Kier alpha value is -0.790. The van der Waals surface area contributed by atoms with Crippen LogP contribution in [-0.4, -0.2) is 17.2 Å². The molecule has 0 aliphatic rings. The zero-order valence-electron chi connectivity index (χ0n) is 9.28. The first-order valence-corrected chi connectivity index (χ1v) is 6.18. The summed E-state index contributed by atoms with van der Waals surface area (Å²) in [6.45, 7) is 3.58. The third-order valence-corrected chi connectivity index (χ3v) is 3.74. The van der Waals surface area contributed by atoms with Gasteiger partial charge in [-0.05, 0) is 18.1 Å². The maximum absolute atomic E-state index is 11.2. The Morgan fingerprint density at radius 2 is 2.00 bits per heavy atom. The van der Waals surface area contributed by atoms with Crippen LogP contribution in [-0.2, 0) is 11.0 Å². The standard InChI is InChI=1S/C11H17O3P/c1-11(2,15(12)13)8-9-6-4-5-7-10(9)14-3/h4-7,15H,8H2,1-3H3,(H,12,13). The summed E-state index contributed by atoms with van der Waals surface area (Å²) in [5.74, 6) is 0.772. The zero-order chi connectivity index (χ0) is 11.5. The molecule has 0 aromatic heterocycles. The molecule has 0 saturated carbocycles. The Labute approximate surface area is 91.0 Å². The SMILES string of the molecule is COc1ccccc1CC(C)(C)[PH](=O)O. The highest BCUT2D eigenvalue weighted by atomic mass is 31.1. The molecule has 0 fully saturated rings. The van der Waals surface area contributed by atoms with Crippen LogP contribution in [0.2, 0.25) is 0 Å². The normalized spacial score (nSPS) is 13.6. The maximum atomic E-state index is 11.2. The van der Waals surface area contributed by atoms with Crippen molar-refractivity contribution < 1.29 is 14.2 Å². The van der Waals surface area contributed by atoms with E-state index in [1.165, 1.54) is 0 Å². The lowest BCUT2D eigenvalue weighted by atomic mass is 10.0. The van der Waals surface area contributed by atoms with E-state index in [-0.39, 0.29) is 0 Å². The van der Waals surface area contributed by atoms with Gasteiger partial charge in [-0.2, -0.15) is 0 Å². The van der Waals surface area contributed by atoms with Crippen molar-refractivity contribution >= 4 is 8.03 Å². The molecule has 0 amide bonds. The number of rotatable bonds is 4. The second-order valence-electron chi connectivity index (χ2n) is 4.18. The molecule has 4 heteroatoms. The molecule has 0 saturated heterocycles. The Morgan fingerprint density at radius 3 is 2.53 bits per heavy atom. The molecule has 0 radical (unpaired) electrons. The average Bonchev–Trinajstić information content (AvgIpc) is 2.18. The summed E-state index contributed by atoms with van der Waals surface area (Å²) < 4.78 is 16.4. The first kappa shape index (κ1) is 12.3. The van der Waals surface area contributed by atoms with Crippen LogP contribution >= 0.6 is 8.03 Å². The van der Waals surface area contributed by atoms with Gasteiger partial charge in [0.15, 0.2) is 8.03 Å². The van der Waals surface area contributed by atoms with E-state index in [2.05, 4.69) is 0 Å². The molecule has 1 atom stereocenters. The Kier molecular flexibility index (Phi) is 3.95. The van der Waals surface area contributed by atoms with E-state index in [4.69, 9.17) is 4.74 Å². The molecule has 3 nitrogen and oxygen atoms in total. The maximum Gasteiger partial charge on any atom is 0.194 e. The van der Waals surface area contributed by atoms with Crippen LogP contribution in [0.3, 0.4) is 0 Å². The van der Waals surface area contributed by atoms with E-state index >= 15 is 0 Å². The first-order valence-electron chi connectivity index (χ1n) is 4.82. The van der Waals surface area contributed by atoms with Crippen molar-refractivity contribution in [1.29, 1.82) is 0 Å². The molecule has 1 aromatic rings. The van der Waals surface area contributed by atoms with Crippen molar-refractivity contribution in [2.24, 2.45) is 0 Å². The van der Waals surface area contributed by atoms with Gasteiger partial charge in [-0.25, -0.2) is 0 Å². The predicted octanol–water partition coefficient (Wildman–Crippen LogP) is 2.48. The van der Waals surface area contributed by atoms with E-state index in [1.54, 1.807) is 21.0 Å². The molecule has 0 aliphatic heterocycles. The molecule has 15 heavy (non-hydrogen) atoms. The highest BCUT2D eigenvalue weighted by molar-refractivity contribution is 7.39. The second-order valence-corrected chi connectivity index (χ2v) is 6.14. The van der Waals surface area contributed by atoms with Gasteiger partial charge in [0.2, 0.25) is 0 Å². The molecular weight excluding hydrogens is 211 g/mol. The van der Waals surface area contributed by atoms with Gasteiger partial charge in [0.1, 0.15) is 5.75 Å². The number of hydrogen-bond donors (Lipinski definition) is 1. The molecule has 1 unspecified atom stereocenters. The van der Waals surface area contributed by atoms with Gasteiger partial charge in [0.25, 0.3) is 0 Å². The Morgan fingerprint density at radius 1 is 1.40 bits per heavy atom. The van der Waals surface area contributed by atoms with E-state index in [0.717, 1.165) is 11.3 Å². The van der Waals surface area contributed by atoms with Crippen molar-refractivity contribution in [3.8, 4) is 5.75 Å². The quantitative estimate of drug-likeness (QED) is 0.805. The van der Waals surface area contributed by atoms with Crippen LogP contribution in [0.4, 0.5) is 0 Å². The summed E-state index contributed by atoms with van der Waals surface area (Å²) in [6.07, 6.45) is 0.547. The molecule has 0 bridgehead atoms. The molecular formula is C11H17O3P. The van der Waals surface area contributed by atoms with Gasteiger partial charge in [0.05, 0.1) is 7.11 Å². The summed E-state index contributed by atoms with van der Waals surface area (Å²) in [7, 11) is -0.934. The molecule has 1 N–H and O–H groups in total. The number of benzene rings is 1. The van der Waals surface area contributed by atoms with Crippen LogP contribution in [0, 0.1) is 0 Å². The Balaban J connectivity index is 2.94. The highest BCUT2D eigenvalue weighted by Crippen LogP contribution is 2.38. The van der Waals surface area contributed by atoms with Crippen LogP contribution in [0.25, 0.3) is 0 Å². The van der Waals surface area contributed by atoms with Gasteiger partial charge in [0, 0.05) is 5.16 Å². The summed E-state index contributed by atoms with van der Waals surface area (Å²) >= 11 is 0. The molecule has 0 spiro atoms. The lowest BCUT2D eigenvalue weighted by Gasteiger charge is -2.21. The van der Waals surface area contributed by atoms with Gasteiger partial charge >= 0.3 is 0 Å². The largest absolute Gasteiger partial charge is 0.496 e. The minimum Gasteiger partial charge on any atom is -0.496 e. The zero-order valence-corrected chi connectivity index (χ0v) is 10.3. The average molecular weight is 228 g/mol. The number of para-hydroxylation sites is 1. The van der Waals surface area contributed by atoms with Crippen LogP contribution < -0.4 is 4.74 Å². The van der Waals surface area contributed by atoms with Crippen LogP contribution in [0.1, 0.15) is 19.4 Å². The topological polar surface area (TPSA) is 46.5 Å². The molecule has 0 heterocycles. The van der Waals surface area contributed by atoms with Crippen molar-refractivity contribution in [2.75, 3.05) is 7.11 Å². The van der Waals surface area contributed by atoms with Gasteiger partial charge in [-0.15, -0.1) is 0 Å². The summed E-state index contributed by atoms with van der Waals surface area (Å²) in [5, 5.41) is -0.584. The fraction of sp³-hybridized carbons (Fsp3) is 0.455. The highest BCUT2D eigenvalue weighted by Gasteiger charge is 2.25. The fourth-order valence-electron chi connectivity index (χ4n) is 1.40. The third-order valence-electron chi connectivity index (χ3n) is 2.40. The minimum atomic E-state index is -2.54. The third kappa shape index (κ3) is 3.08. The predicted molar refractivity (Wildman–Crippen MR) is 62.0 cm³/mol.